The molecule has 0 spiro atoms. The highest BCUT2D eigenvalue weighted by molar-refractivity contribution is 7.89. The average Bonchev–Trinajstić information content (AvgIpc) is 3.39. The van der Waals surface area contributed by atoms with Gasteiger partial charge in [-0.1, -0.05) is 32.9 Å². The van der Waals surface area contributed by atoms with Gasteiger partial charge in [0.05, 0.1) is 17.3 Å². The quantitative estimate of drug-likeness (QED) is 0.401. The normalized spacial score (nSPS) is 15.4. The fraction of sp³-hybridized carbons (Fsp3) is 0.308. The Hall–Kier alpha value is -4.19. The molecule has 0 bridgehead atoms. The fourth-order valence-corrected chi connectivity index (χ4v) is 4.74. The molecule has 1 aliphatic rings. The molecule has 11 nitrogen and oxygen atoms in total. The van der Waals surface area contributed by atoms with E-state index in [9.17, 15) is 18.3 Å². The van der Waals surface area contributed by atoms with Gasteiger partial charge in [0.15, 0.2) is 17.4 Å². The lowest BCUT2D eigenvalue weighted by Crippen LogP contribution is -2.41. The Morgan fingerprint density at radius 2 is 1.84 bits per heavy atom. The molecule has 12 heteroatoms. The van der Waals surface area contributed by atoms with Crippen molar-refractivity contribution in [2.75, 3.05) is 12.4 Å². The first-order valence-corrected chi connectivity index (χ1v) is 13.3. The Morgan fingerprint density at radius 3 is 2.47 bits per heavy atom. The number of pyridine rings is 1. The molecule has 0 radical (unpaired) electrons. The summed E-state index contributed by atoms with van der Waals surface area (Å²) in [4.78, 5) is 18.6. The summed E-state index contributed by atoms with van der Waals surface area (Å²) in [5.41, 5.74) is 0.567. The van der Waals surface area contributed by atoms with Gasteiger partial charge in [-0.3, -0.25) is 9.78 Å². The number of aromatic hydroxyl groups is 1. The van der Waals surface area contributed by atoms with Gasteiger partial charge in [0, 0.05) is 26.0 Å². The van der Waals surface area contributed by atoms with Gasteiger partial charge in [-0.15, -0.1) is 8.80 Å². The predicted octanol–water partition coefficient (Wildman–Crippen LogP) is 3.81. The number of para-hydroxylation sites is 1. The van der Waals surface area contributed by atoms with Gasteiger partial charge in [-0.2, -0.15) is 8.42 Å². The lowest BCUT2D eigenvalue weighted by Gasteiger charge is -2.30. The minimum Gasteiger partial charge on any atom is -0.505 e. The lowest BCUT2D eigenvalue weighted by molar-refractivity contribution is 0.0782. The van der Waals surface area contributed by atoms with Crippen LogP contribution in [0.3, 0.4) is 0 Å². The molecule has 0 saturated carbocycles. The van der Waals surface area contributed by atoms with E-state index in [4.69, 9.17) is 4.42 Å². The number of amidine groups is 2. The second-order valence-corrected chi connectivity index (χ2v) is 11.3. The van der Waals surface area contributed by atoms with Crippen LogP contribution in [0.25, 0.3) is 0 Å². The summed E-state index contributed by atoms with van der Waals surface area (Å²) in [6.45, 7) is 8.02. The molecule has 1 unspecified atom stereocenters. The summed E-state index contributed by atoms with van der Waals surface area (Å²) in [5.74, 6) is 0.382. The standard InChI is InChI=1S/C26H30N6O5S/c1-16-11-12-20(37-16)22(26(2,3)4)29-24-23(30-38(35,36)31-24)28-19-10-6-9-18(21(19)33)25(34)32(5)15-17-8-7-13-27-14-17/h6-14,22,33H,15H2,1-5H3,(H,28,30)(H,29,31). The smallest absolute Gasteiger partial charge is 0.367 e. The maximum absolute atomic E-state index is 13.1. The van der Waals surface area contributed by atoms with E-state index in [-0.39, 0.29) is 35.2 Å². The third kappa shape index (κ3) is 6.02. The Morgan fingerprint density at radius 1 is 1.11 bits per heavy atom. The molecule has 3 heterocycles. The molecule has 0 fully saturated rings. The van der Waals surface area contributed by atoms with E-state index in [1.807, 2.05) is 45.9 Å². The molecule has 1 atom stereocenters. The third-order valence-corrected chi connectivity index (χ3v) is 6.67. The number of nitrogens with one attached hydrogen (secondary N) is 2. The second kappa shape index (κ2) is 10.3. The van der Waals surface area contributed by atoms with Crippen LogP contribution in [0.4, 0.5) is 5.69 Å². The number of phenols is 1. The number of hydrogen-bond donors (Lipinski definition) is 3. The molecule has 3 N–H and O–H groups in total. The molecule has 3 aromatic rings. The summed E-state index contributed by atoms with van der Waals surface area (Å²) >= 11 is 0. The first kappa shape index (κ1) is 26.9. The van der Waals surface area contributed by atoms with Crippen LogP contribution in [0.5, 0.6) is 5.75 Å². The molecule has 0 saturated heterocycles. The van der Waals surface area contributed by atoms with Gasteiger partial charge >= 0.3 is 10.2 Å². The number of carbonyl (C=O) groups is 1. The largest absolute Gasteiger partial charge is 0.505 e. The molecule has 38 heavy (non-hydrogen) atoms. The van der Waals surface area contributed by atoms with Crippen molar-refractivity contribution in [3.05, 3.63) is 77.5 Å². The molecule has 2 aromatic heterocycles. The van der Waals surface area contributed by atoms with Crippen molar-refractivity contribution in [2.45, 2.75) is 40.3 Å². The van der Waals surface area contributed by atoms with Gasteiger partial charge < -0.3 is 25.1 Å². The molecular weight excluding hydrogens is 508 g/mol. The van der Waals surface area contributed by atoms with E-state index in [1.165, 1.54) is 17.0 Å². The van der Waals surface area contributed by atoms with E-state index in [2.05, 4.69) is 24.4 Å². The number of amides is 1. The lowest BCUT2D eigenvalue weighted by atomic mass is 9.85. The van der Waals surface area contributed by atoms with Crippen LogP contribution in [0.2, 0.25) is 0 Å². The minimum atomic E-state index is -4.16. The van der Waals surface area contributed by atoms with E-state index >= 15 is 0 Å². The second-order valence-electron chi connectivity index (χ2n) is 10.1. The first-order valence-electron chi connectivity index (χ1n) is 11.9. The maximum atomic E-state index is 13.1. The summed E-state index contributed by atoms with van der Waals surface area (Å²) in [6, 6.07) is 11.4. The number of aromatic nitrogens is 1. The van der Waals surface area contributed by atoms with Crippen molar-refractivity contribution in [1.29, 1.82) is 0 Å². The fourth-order valence-electron chi connectivity index (χ4n) is 3.96. The SMILES string of the molecule is Cc1ccc(C(NC2=NS(=O)(=O)N=C2Nc2cccc(C(=O)N(C)Cc3cccnc3)c2O)C(C)(C)C)o1. The summed E-state index contributed by atoms with van der Waals surface area (Å²) in [6.07, 6.45) is 3.30. The first-order chi connectivity index (χ1) is 17.8. The highest BCUT2D eigenvalue weighted by atomic mass is 32.2. The zero-order chi connectivity index (χ0) is 27.7. The van der Waals surface area contributed by atoms with Crippen molar-refractivity contribution in [1.82, 2.24) is 15.2 Å². The minimum absolute atomic E-state index is 0.0351. The Kier molecular flexibility index (Phi) is 7.27. The van der Waals surface area contributed by atoms with Crippen LogP contribution in [0.15, 0.2) is 68.1 Å². The zero-order valence-electron chi connectivity index (χ0n) is 21.8. The van der Waals surface area contributed by atoms with Gasteiger partial charge in [0.1, 0.15) is 11.5 Å². The van der Waals surface area contributed by atoms with Gasteiger partial charge in [0.25, 0.3) is 5.91 Å². The third-order valence-electron chi connectivity index (χ3n) is 5.84. The van der Waals surface area contributed by atoms with E-state index in [1.54, 1.807) is 31.6 Å². The number of rotatable bonds is 6. The maximum Gasteiger partial charge on any atom is 0.367 e. The summed E-state index contributed by atoms with van der Waals surface area (Å²) in [5, 5.41) is 16.9. The topological polar surface area (TPSA) is 149 Å². The zero-order valence-corrected chi connectivity index (χ0v) is 22.6. The van der Waals surface area contributed by atoms with Crippen LogP contribution in [-0.2, 0) is 16.8 Å². The van der Waals surface area contributed by atoms with Crippen LogP contribution < -0.4 is 10.6 Å². The highest BCUT2D eigenvalue weighted by Gasteiger charge is 2.34. The van der Waals surface area contributed by atoms with Crippen LogP contribution in [0, 0.1) is 12.3 Å². The number of anilines is 1. The van der Waals surface area contributed by atoms with Crippen LogP contribution in [-0.4, -0.2) is 48.0 Å². The van der Waals surface area contributed by atoms with Crippen molar-refractivity contribution >= 4 is 33.5 Å². The van der Waals surface area contributed by atoms with Gasteiger partial charge in [0.2, 0.25) is 0 Å². The number of furan rings is 1. The van der Waals surface area contributed by atoms with Gasteiger partial charge in [-0.25, -0.2) is 0 Å². The summed E-state index contributed by atoms with van der Waals surface area (Å²) < 4.78 is 37.9. The van der Waals surface area contributed by atoms with Crippen molar-refractivity contribution in [3.63, 3.8) is 0 Å². The number of carbonyl (C=O) groups excluding carboxylic acids is 1. The van der Waals surface area contributed by atoms with E-state index in [0.29, 0.717) is 11.5 Å². The van der Waals surface area contributed by atoms with E-state index < -0.39 is 27.6 Å². The molecule has 1 amide bonds. The van der Waals surface area contributed by atoms with Crippen LogP contribution >= 0.6 is 0 Å². The number of phenolic OH excluding ortho intramolecular Hbond substituents is 1. The Balaban J connectivity index is 1.59. The number of aryl methyl sites for hydroxylation is 1. The highest BCUT2D eigenvalue weighted by Crippen LogP contribution is 2.35. The molecular formula is C26H30N6O5S. The number of hydrogen-bond acceptors (Lipinski definition) is 8. The summed E-state index contributed by atoms with van der Waals surface area (Å²) in [7, 11) is -2.55. The predicted molar refractivity (Wildman–Crippen MR) is 144 cm³/mol. The van der Waals surface area contributed by atoms with Crippen LogP contribution in [0.1, 0.15) is 54.3 Å². The molecule has 0 aliphatic carbocycles. The average molecular weight is 539 g/mol. The Labute approximate surface area is 221 Å². The molecule has 1 aromatic carbocycles. The van der Waals surface area contributed by atoms with Crippen molar-refractivity contribution < 1.29 is 22.7 Å². The molecule has 4 rings (SSSR count). The Bertz CT molecular complexity index is 1510. The number of benzene rings is 1. The monoisotopic (exact) mass is 538 g/mol. The van der Waals surface area contributed by atoms with Crippen molar-refractivity contribution in [3.8, 4) is 5.75 Å². The number of nitrogens with zero attached hydrogens (tertiary/aromatic N) is 4. The van der Waals surface area contributed by atoms with Gasteiger partial charge in [-0.05, 0) is 48.2 Å². The van der Waals surface area contributed by atoms with Crippen molar-refractivity contribution in [2.24, 2.45) is 14.2 Å². The molecule has 200 valence electrons. The van der Waals surface area contributed by atoms with E-state index in [0.717, 1.165) is 5.56 Å². The molecule has 1 aliphatic heterocycles.